The summed E-state index contributed by atoms with van der Waals surface area (Å²) in [5.41, 5.74) is 1.40. The molecule has 1 aromatic carbocycles. The number of esters is 1. The van der Waals surface area contributed by atoms with Crippen molar-refractivity contribution in [1.82, 2.24) is 9.80 Å². The van der Waals surface area contributed by atoms with E-state index >= 15 is 0 Å². The largest absolute Gasteiger partial charge is 0.465 e. The van der Waals surface area contributed by atoms with Gasteiger partial charge in [-0.05, 0) is 31.5 Å². The van der Waals surface area contributed by atoms with E-state index < -0.39 is 0 Å². The molecule has 0 saturated carbocycles. The van der Waals surface area contributed by atoms with E-state index in [-0.39, 0.29) is 11.9 Å². The molecule has 3 saturated heterocycles. The fraction of sp³-hybridized carbons (Fsp3) is 0.611. The quantitative estimate of drug-likeness (QED) is 0.796. The van der Waals surface area contributed by atoms with Crippen LogP contribution < -0.4 is 0 Å². The van der Waals surface area contributed by atoms with Gasteiger partial charge in [0, 0.05) is 31.6 Å². The van der Waals surface area contributed by atoms with E-state index in [9.17, 15) is 4.79 Å². The highest BCUT2D eigenvalue weighted by Crippen LogP contribution is 2.33. The second-order valence-corrected chi connectivity index (χ2v) is 6.94. The Labute approximate surface area is 132 Å². The van der Waals surface area contributed by atoms with Crippen LogP contribution in [0.2, 0.25) is 0 Å². The number of hydrogen-bond acceptors (Lipinski definition) is 4. The highest BCUT2D eigenvalue weighted by molar-refractivity contribution is 5.75. The monoisotopic (exact) mass is 300 g/mol. The van der Waals surface area contributed by atoms with Crippen molar-refractivity contribution in [3.63, 3.8) is 0 Å². The number of carbonyl (C=O) groups is 1. The predicted molar refractivity (Wildman–Crippen MR) is 84.3 cm³/mol. The summed E-state index contributed by atoms with van der Waals surface area (Å²) in [5, 5.41) is 0. The van der Waals surface area contributed by atoms with Crippen LogP contribution in [0, 0.1) is 11.8 Å². The number of nitrogens with zero attached hydrogens (tertiary/aromatic N) is 2. The summed E-state index contributed by atoms with van der Waals surface area (Å²) in [6.07, 6.45) is 2.45. The van der Waals surface area contributed by atoms with Crippen molar-refractivity contribution in [3.05, 3.63) is 35.9 Å². The number of hydrogen-bond donors (Lipinski definition) is 0. The molecule has 1 aromatic rings. The molecule has 0 aliphatic carbocycles. The summed E-state index contributed by atoms with van der Waals surface area (Å²) in [6, 6.07) is 11.4. The minimum atomic E-state index is 0.0361. The van der Waals surface area contributed by atoms with Crippen LogP contribution in [0.4, 0.5) is 0 Å². The van der Waals surface area contributed by atoms with Gasteiger partial charge in [-0.1, -0.05) is 30.3 Å². The highest BCUT2D eigenvalue weighted by Gasteiger charge is 2.45. The molecule has 0 radical (unpaired) electrons. The van der Waals surface area contributed by atoms with Crippen LogP contribution >= 0.6 is 0 Å². The zero-order chi connectivity index (χ0) is 14.9. The Bertz CT molecular complexity index is 525. The molecule has 4 nitrogen and oxygen atoms in total. The third-order valence-corrected chi connectivity index (χ3v) is 5.53. The van der Waals surface area contributed by atoms with Crippen molar-refractivity contribution >= 4 is 5.97 Å². The van der Waals surface area contributed by atoms with Gasteiger partial charge in [-0.25, -0.2) is 0 Å². The fourth-order valence-corrected chi connectivity index (χ4v) is 4.22. The van der Waals surface area contributed by atoms with E-state index in [1.807, 2.05) is 0 Å². The minimum absolute atomic E-state index is 0.0361. The molecule has 0 aromatic heterocycles. The molecule has 0 amide bonds. The summed E-state index contributed by atoms with van der Waals surface area (Å²) in [6.45, 7) is 6.01. The minimum Gasteiger partial charge on any atom is -0.465 e. The van der Waals surface area contributed by atoms with Gasteiger partial charge in [0.05, 0.1) is 12.5 Å². The third-order valence-electron chi connectivity index (χ3n) is 5.53. The number of fused-ring (bicyclic) bond motifs is 1. The van der Waals surface area contributed by atoms with Crippen LogP contribution in [0.25, 0.3) is 0 Å². The molecule has 3 heterocycles. The molecule has 22 heavy (non-hydrogen) atoms. The molecule has 0 N–H and O–H groups in total. The maximum absolute atomic E-state index is 11.7. The lowest BCUT2D eigenvalue weighted by atomic mass is 10.0. The number of ether oxygens (including phenoxy) is 1. The second kappa shape index (κ2) is 6.01. The number of likely N-dealkylation sites (tertiary alicyclic amines) is 2. The third kappa shape index (κ3) is 2.77. The highest BCUT2D eigenvalue weighted by atomic mass is 16.5. The molecule has 2 atom stereocenters. The first-order valence-corrected chi connectivity index (χ1v) is 8.46. The first-order chi connectivity index (χ1) is 10.8. The Kier molecular flexibility index (Phi) is 3.89. The van der Waals surface area contributed by atoms with Crippen LogP contribution in [-0.4, -0.2) is 54.6 Å². The topological polar surface area (TPSA) is 32.8 Å². The SMILES string of the molecule is O=C1OC[C@H]2CN(C3CCN(Cc4ccccc4)CC3)C[C@@H]12. The summed E-state index contributed by atoms with van der Waals surface area (Å²) in [4.78, 5) is 16.8. The standard InChI is InChI=1S/C18H24N2O2/c21-18-17-12-20(11-15(17)13-22-18)16-6-8-19(9-7-16)10-14-4-2-1-3-5-14/h1-5,15-17H,6-13H2/t15-,17-/m1/s1. The van der Waals surface area contributed by atoms with Gasteiger partial charge in [0.25, 0.3) is 0 Å². The molecule has 3 fully saturated rings. The lowest BCUT2D eigenvalue weighted by Crippen LogP contribution is -2.44. The van der Waals surface area contributed by atoms with E-state index in [1.54, 1.807) is 0 Å². The van der Waals surface area contributed by atoms with E-state index in [2.05, 4.69) is 40.1 Å². The Morgan fingerprint density at radius 2 is 1.86 bits per heavy atom. The molecule has 0 bridgehead atoms. The Hall–Kier alpha value is -1.39. The maximum Gasteiger partial charge on any atom is 0.310 e. The van der Waals surface area contributed by atoms with Gasteiger partial charge in [0.2, 0.25) is 0 Å². The average Bonchev–Trinajstić information content (AvgIpc) is 3.12. The van der Waals surface area contributed by atoms with Gasteiger partial charge in [-0.3, -0.25) is 14.6 Å². The van der Waals surface area contributed by atoms with E-state index in [1.165, 1.54) is 18.4 Å². The van der Waals surface area contributed by atoms with Crippen molar-refractivity contribution in [2.24, 2.45) is 11.8 Å². The van der Waals surface area contributed by atoms with E-state index in [0.717, 1.165) is 32.7 Å². The summed E-state index contributed by atoms with van der Waals surface area (Å²) < 4.78 is 5.17. The first-order valence-electron chi connectivity index (χ1n) is 8.46. The van der Waals surface area contributed by atoms with Gasteiger partial charge in [-0.15, -0.1) is 0 Å². The van der Waals surface area contributed by atoms with Gasteiger partial charge in [0.15, 0.2) is 0 Å². The normalized spacial score (nSPS) is 30.5. The van der Waals surface area contributed by atoms with Crippen molar-refractivity contribution in [2.75, 3.05) is 32.8 Å². The smallest absolute Gasteiger partial charge is 0.310 e. The van der Waals surface area contributed by atoms with Crippen LogP contribution in [0.5, 0.6) is 0 Å². The number of carbonyl (C=O) groups excluding carboxylic acids is 1. The summed E-state index contributed by atoms with van der Waals surface area (Å²) in [7, 11) is 0. The number of benzene rings is 1. The lowest BCUT2D eigenvalue weighted by Gasteiger charge is -2.37. The summed E-state index contributed by atoms with van der Waals surface area (Å²) >= 11 is 0. The Balaban J connectivity index is 1.29. The van der Waals surface area contributed by atoms with Gasteiger partial charge < -0.3 is 4.74 Å². The molecular weight excluding hydrogens is 276 g/mol. The van der Waals surface area contributed by atoms with Crippen molar-refractivity contribution in [1.29, 1.82) is 0 Å². The molecule has 4 rings (SSSR count). The Morgan fingerprint density at radius 3 is 2.59 bits per heavy atom. The van der Waals surface area contributed by atoms with Crippen LogP contribution in [0.3, 0.4) is 0 Å². The van der Waals surface area contributed by atoms with Crippen molar-refractivity contribution < 1.29 is 9.53 Å². The molecule has 3 aliphatic rings. The first kappa shape index (κ1) is 14.2. The van der Waals surface area contributed by atoms with E-state index in [0.29, 0.717) is 18.6 Å². The molecule has 3 aliphatic heterocycles. The average molecular weight is 300 g/mol. The Morgan fingerprint density at radius 1 is 1.09 bits per heavy atom. The molecule has 0 unspecified atom stereocenters. The van der Waals surface area contributed by atoms with Crippen LogP contribution in [-0.2, 0) is 16.1 Å². The zero-order valence-electron chi connectivity index (χ0n) is 13.0. The molecule has 118 valence electrons. The molecular formula is C18H24N2O2. The number of rotatable bonds is 3. The predicted octanol–water partition coefficient (Wildman–Crippen LogP) is 1.76. The van der Waals surface area contributed by atoms with Crippen LogP contribution in [0.15, 0.2) is 30.3 Å². The molecule has 4 heteroatoms. The lowest BCUT2D eigenvalue weighted by molar-refractivity contribution is -0.141. The van der Waals surface area contributed by atoms with Crippen molar-refractivity contribution in [3.8, 4) is 0 Å². The second-order valence-electron chi connectivity index (χ2n) is 6.94. The van der Waals surface area contributed by atoms with Crippen molar-refractivity contribution in [2.45, 2.75) is 25.4 Å². The van der Waals surface area contributed by atoms with Gasteiger partial charge in [-0.2, -0.15) is 0 Å². The fourth-order valence-electron chi connectivity index (χ4n) is 4.22. The van der Waals surface area contributed by atoms with Gasteiger partial charge in [0.1, 0.15) is 0 Å². The summed E-state index contributed by atoms with van der Waals surface area (Å²) in [5.74, 6) is 0.645. The number of piperidine rings is 1. The number of cyclic esters (lactones) is 1. The maximum atomic E-state index is 11.7. The van der Waals surface area contributed by atoms with Gasteiger partial charge >= 0.3 is 5.97 Å². The zero-order valence-corrected chi connectivity index (χ0v) is 13.0. The van der Waals surface area contributed by atoms with Crippen LogP contribution in [0.1, 0.15) is 18.4 Å². The van der Waals surface area contributed by atoms with E-state index in [4.69, 9.17) is 4.74 Å². The molecule has 0 spiro atoms.